The number of carbonyl (C=O) groups excluding carboxylic acids is 1. The van der Waals surface area contributed by atoms with Crippen LogP contribution in [0.5, 0.6) is 0 Å². The highest BCUT2D eigenvalue weighted by molar-refractivity contribution is 5.95. The molecular formula is C14H17FN2O3. The number of rotatable bonds is 6. The normalized spacial score (nSPS) is 15.7. The molecule has 1 amide bonds. The maximum Gasteiger partial charge on any atom is 0.270 e. The zero-order chi connectivity index (χ0) is 14.8. The van der Waals surface area contributed by atoms with Crippen LogP contribution in [0, 0.1) is 21.3 Å². The molecule has 0 heterocycles. The van der Waals surface area contributed by atoms with E-state index in [0.29, 0.717) is 6.54 Å². The molecule has 0 aliphatic heterocycles. The third kappa shape index (κ3) is 3.12. The molecule has 5 nitrogen and oxygen atoms in total. The van der Waals surface area contributed by atoms with E-state index in [1.807, 2.05) is 0 Å². The fraction of sp³-hybridized carbons (Fsp3) is 0.500. The number of halogens is 1. The fourth-order valence-electron chi connectivity index (χ4n) is 2.39. The Kier molecular flexibility index (Phi) is 4.01. The Morgan fingerprint density at radius 1 is 1.50 bits per heavy atom. The van der Waals surface area contributed by atoms with Gasteiger partial charge in [0.25, 0.3) is 11.6 Å². The van der Waals surface area contributed by atoms with Gasteiger partial charge in [-0.3, -0.25) is 14.9 Å². The molecule has 0 atom stereocenters. The van der Waals surface area contributed by atoms with Gasteiger partial charge < -0.3 is 5.32 Å². The highest BCUT2D eigenvalue weighted by Crippen LogP contribution is 2.48. The van der Waals surface area contributed by atoms with E-state index in [1.54, 1.807) is 0 Å². The van der Waals surface area contributed by atoms with Crippen molar-refractivity contribution < 1.29 is 14.1 Å². The number of hydrogen-bond donors (Lipinski definition) is 1. The average Bonchev–Trinajstić information content (AvgIpc) is 3.17. The second kappa shape index (κ2) is 5.56. The lowest BCUT2D eigenvalue weighted by molar-refractivity contribution is -0.384. The standard InChI is InChI=1S/C14H17FN2O3/c1-2-5-14(6-7-14)9-16-13(18)11-8-10(17(19)20)3-4-12(11)15/h3-4,8H,2,5-7,9H2,1H3,(H,16,18). The largest absolute Gasteiger partial charge is 0.351 e. The van der Waals surface area contributed by atoms with Gasteiger partial charge in [0.2, 0.25) is 0 Å². The van der Waals surface area contributed by atoms with Gasteiger partial charge in [-0.05, 0) is 30.7 Å². The predicted octanol–water partition coefficient (Wildman–Crippen LogP) is 3.04. The van der Waals surface area contributed by atoms with Gasteiger partial charge in [0.1, 0.15) is 5.82 Å². The highest BCUT2D eigenvalue weighted by atomic mass is 19.1. The number of nitro groups is 1. The number of nitro benzene ring substituents is 1. The molecule has 20 heavy (non-hydrogen) atoms. The smallest absolute Gasteiger partial charge is 0.270 e. The summed E-state index contributed by atoms with van der Waals surface area (Å²) in [6.07, 6.45) is 4.21. The van der Waals surface area contributed by atoms with E-state index in [9.17, 15) is 19.3 Å². The molecule has 1 aromatic carbocycles. The summed E-state index contributed by atoms with van der Waals surface area (Å²) in [4.78, 5) is 22.0. The molecule has 1 aliphatic rings. The van der Waals surface area contributed by atoms with Gasteiger partial charge in [-0.15, -0.1) is 0 Å². The predicted molar refractivity (Wildman–Crippen MR) is 72.0 cm³/mol. The number of benzene rings is 1. The molecule has 6 heteroatoms. The topological polar surface area (TPSA) is 72.2 Å². The van der Waals surface area contributed by atoms with Crippen molar-refractivity contribution in [2.45, 2.75) is 32.6 Å². The molecule has 0 bridgehead atoms. The molecule has 0 unspecified atom stereocenters. The summed E-state index contributed by atoms with van der Waals surface area (Å²) in [5, 5.41) is 13.3. The maximum absolute atomic E-state index is 13.6. The number of nitrogens with one attached hydrogen (secondary N) is 1. The number of non-ortho nitro benzene ring substituents is 1. The first-order valence-electron chi connectivity index (χ1n) is 6.69. The van der Waals surface area contributed by atoms with Crippen molar-refractivity contribution in [3.8, 4) is 0 Å². The summed E-state index contributed by atoms with van der Waals surface area (Å²) < 4.78 is 13.6. The molecule has 1 N–H and O–H groups in total. The van der Waals surface area contributed by atoms with Gasteiger partial charge in [0.15, 0.2) is 0 Å². The Balaban J connectivity index is 2.05. The second-order valence-electron chi connectivity index (χ2n) is 5.35. The van der Waals surface area contributed by atoms with Crippen LogP contribution in [0.3, 0.4) is 0 Å². The first-order valence-corrected chi connectivity index (χ1v) is 6.69. The second-order valence-corrected chi connectivity index (χ2v) is 5.35. The van der Waals surface area contributed by atoms with E-state index in [-0.39, 0.29) is 16.7 Å². The van der Waals surface area contributed by atoms with Gasteiger partial charge >= 0.3 is 0 Å². The van der Waals surface area contributed by atoms with Gasteiger partial charge in [0, 0.05) is 18.7 Å². The minimum Gasteiger partial charge on any atom is -0.351 e. The maximum atomic E-state index is 13.6. The molecule has 1 fully saturated rings. The van der Waals surface area contributed by atoms with Crippen LogP contribution in [0.1, 0.15) is 43.0 Å². The Labute approximate surface area is 116 Å². The van der Waals surface area contributed by atoms with Gasteiger partial charge in [-0.2, -0.15) is 0 Å². The van der Waals surface area contributed by atoms with E-state index in [1.165, 1.54) is 0 Å². The summed E-state index contributed by atoms with van der Waals surface area (Å²) in [7, 11) is 0. The van der Waals surface area contributed by atoms with Crippen LogP contribution in [0.2, 0.25) is 0 Å². The summed E-state index contributed by atoms with van der Waals surface area (Å²) in [6, 6.07) is 2.97. The summed E-state index contributed by atoms with van der Waals surface area (Å²) >= 11 is 0. The van der Waals surface area contributed by atoms with Crippen LogP contribution in [-0.4, -0.2) is 17.4 Å². The van der Waals surface area contributed by atoms with E-state index in [4.69, 9.17) is 0 Å². The molecule has 1 aliphatic carbocycles. The molecule has 1 aromatic rings. The highest BCUT2D eigenvalue weighted by Gasteiger charge is 2.41. The van der Waals surface area contributed by atoms with E-state index >= 15 is 0 Å². The van der Waals surface area contributed by atoms with Crippen LogP contribution in [0.25, 0.3) is 0 Å². The Morgan fingerprint density at radius 3 is 2.75 bits per heavy atom. The zero-order valence-electron chi connectivity index (χ0n) is 11.3. The van der Waals surface area contributed by atoms with Crippen molar-refractivity contribution in [3.05, 3.63) is 39.7 Å². The van der Waals surface area contributed by atoms with Crippen molar-refractivity contribution >= 4 is 11.6 Å². The molecular weight excluding hydrogens is 263 g/mol. The van der Waals surface area contributed by atoms with E-state index in [2.05, 4.69) is 12.2 Å². The number of hydrogen-bond acceptors (Lipinski definition) is 3. The fourth-order valence-corrected chi connectivity index (χ4v) is 2.39. The molecule has 108 valence electrons. The van der Waals surface area contributed by atoms with Crippen molar-refractivity contribution in [1.82, 2.24) is 5.32 Å². The third-order valence-electron chi connectivity index (χ3n) is 3.77. The molecule has 1 saturated carbocycles. The first-order chi connectivity index (χ1) is 9.47. The third-order valence-corrected chi connectivity index (χ3v) is 3.77. The molecule has 0 saturated heterocycles. The molecule has 0 radical (unpaired) electrons. The quantitative estimate of drug-likeness (QED) is 0.643. The van der Waals surface area contributed by atoms with Crippen LogP contribution in [0.15, 0.2) is 18.2 Å². The Hall–Kier alpha value is -1.98. The van der Waals surface area contributed by atoms with Crippen LogP contribution >= 0.6 is 0 Å². The SMILES string of the molecule is CCCC1(CNC(=O)c2cc([N+](=O)[O-])ccc2F)CC1. The van der Waals surface area contributed by atoms with Crippen molar-refractivity contribution in [2.24, 2.45) is 5.41 Å². The summed E-state index contributed by atoms with van der Waals surface area (Å²) in [5.41, 5.74) is -0.403. The average molecular weight is 280 g/mol. The summed E-state index contributed by atoms with van der Waals surface area (Å²) in [6.45, 7) is 2.59. The van der Waals surface area contributed by atoms with E-state index in [0.717, 1.165) is 43.9 Å². The van der Waals surface area contributed by atoms with Gasteiger partial charge in [0.05, 0.1) is 10.5 Å². The first kappa shape index (κ1) is 14.4. The number of nitrogens with zero attached hydrogens (tertiary/aromatic N) is 1. The van der Waals surface area contributed by atoms with Gasteiger partial charge in [-0.25, -0.2) is 4.39 Å². The zero-order valence-corrected chi connectivity index (χ0v) is 11.3. The van der Waals surface area contributed by atoms with Crippen molar-refractivity contribution in [1.29, 1.82) is 0 Å². The Morgan fingerprint density at radius 2 is 2.20 bits per heavy atom. The number of amides is 1. The minimum atomic E-state index is -0.742. The summed E-state index contributed by atoms with van der Waals surface area (Å²) in [5.74, 6) is -1.33. The molecule has 0 aromatic heterocycles. The van der Waals surface area contributed by atoms with Crippen LogP contribution < -0.4 is 5.32 Å². The van der Waals surface area contributed by atoms with Gasteiger partial charge in [-0.1, -0.05) is 13.3 Å². The number of carbonyl (C=O) groups is 1. The van der Waals surface area contributed by atoms with E-state index < -0.39 is 16.6 Å². The Bertz CT molecular complexity index is 541. The van der Waals surface area contributed by atoms with Crippen molar-refractivity contribution in [3.63, 3.8) is 0 Å². The molecule has 2 rings (SSSR count). The lowest BCUT2D eigenvalue weighted by atomic mass is 10.0. The van der Waals surface area contributed by atoms with Crippen LogP contribution in [-0.2, 0) is 0 Å². The lowest BCUT2D eigenvalue weighted by Crippen LogP contribution is -2.30. The van der Waals surface area contributed by atoms with Crippen molar-refractivity contribution in [2.75, 3.05) is 6.54 Å². The minimum absolute atomic E-state index is 0.154. The van der Waals surface area contributed by atoms with Crippen LogP contribution in [0.4, 0.5) is 10.1 Å². The lowest BCUT2D eigenvalue weighted by Gasteiger charge is -2.15. The molecule has 0 spiro atoms. The monoisotopic (exact) mass is 280 g/mol.